The quantitative estimate of drug-likeness (QED) is 0.0433. The number of ether oxygens (including phenoxy) is 4. The standard InChI is InChI=1S/C45H61N3O12/c1-22-15-14-16-23(2)44(56)47-35-30(21-46-48-29-17-12-10-11-13-18-29)39(53)32-33(40(35)54)38(52)27(6)42-34(32)43(55)45(8,60-42)58-20-19-31(57-9)24(3)41(59-28(7)49)26(5)37(51)25(4)36(22)50/h14-16,19-22,24-26,29,31,36-37,41,48,50-54H,10-13,17-18H2,1-9H3,(H,47,56)/b15-14+,20-19+,23-16-,46-21?/t22-,24-,25+,26-,31-,36-,37+,41+,45-/m0/s1. The number of hydrogen-bond acceptors (Lipinski definition) is 14. The van der Waals surface area contributed by atoms with E-state index in [-0.39, 0.29) is 50.5 Å². The SMILES string of the molecule is CO[C@H]1/C=C/O[C@@]2(C)Oc3c(C)c(O)c4c(O)c(c(C=NNC5CCCCCC5)c(O)c4c3C2=O)NC(=O)/C(C)=C\C=C\[C@H](C)[C@H](O)[C@@H](C)[C@@H](O)[C@H](C)[C@H](OC(C)=O)[C@H]1C. The van der Waals surface area contributed by atoms with Crippen LogP contribution in [0.25, 0.3) is 10.8 Å². The van der Waals surface area contributed by atoms with Crippen LogP contribution in [0.15, 0.2) is 41.2 Å². The minimum absolute atomic E-state index is 0.0583. The van der Waals surface area contributed by atoms with Gasteiger partial charge in [0.1, 0.15) is 23.4 Å². The van der Waals surface area contributed by atoms with Crippen LogP contribution in [0.5, 0.6) is 23.0 Å². The molecule has 5 bridgehead atoms. The van der Waals surface area contributed by atoms with E-state index in [1.807, 2.05) is 0 Å². The fraction of sp³-hybridized carbons (Fsp3) is 0.556. The van der Waals surface area contributed by atoms with E-state index in [1.165, 1.54) is 59.4 Å². The third-order valence-electron chi connectivity index (χ3n) is 12.3. The number of rotatable bonds is 5. The molecule has 6 rings (SSSR count). The van der Waals surface area contributed by atoms with Crippen molar-refractivity contribution < 1.29 is 58.9 Å². The molecule has 1 amide bonds. The summed E-state index contributed by atoms with van der Waals surface area (Å²) >= 11 is 0. The van der Waals surface area contributed by atoms with E-state index in [1.54, 1.807) is 39.8 Å². The average Bonchev–Trinajstić information content (AvgIpc) is 3.34. The molecule has 0 saturated heterocycles. The molecule has 15 heteroatoms. The summed E-state index contributed by atoms with van der Waals surface area (Å²) in [7, 11) is 1.44. The van der Waals surface area contributed by atoms with E-state index in [2.05, 4.69) is 15.8 Å². The van der Waals surface area contributed by atoms with Gasteiger partial charge in [0.2, 0.25) is 0 Å². The maximum atomic E-state index is 14.4. The number of carbonyl (C=O) groups excluding carboxylic acids is 3. The van der Waals surface area contributed by atoms with Crippen molar-refractivity contribution in [1.29, 1.82) is 0 Å². The molecule has 3 aliphatic heterocycles. The summed E-state index contributed by atoms with van der Waals surface area (Å²) in [6.07, 6.45) is 10.9. The van der Waals surface area contributed by atoms with Gasteiger partial charge in [0.15, 0.2) is 5.75 Å². The maximum absolute atomic E-state index is 14.4. The van der Waals surface area contributed by atoms with E-state index < -0.39 is 88.8 Å². The molecule has 0 aromatic heterocycles. The molecule has 9 atom stereocenters. The van der Waals surface area contributed by atoms with Crippen LogP contribution in [0.3, 0.4) is 0 Å². The zero-order valence-corrected chi connectivity index (χ0v) is 35.9. The number of benzene rings is 2. The number of allylic oxidation sites excluding steroid dienone is 2. The highest BCUT2D eigenvalue weighted by molar-refractivity contribution is 6.23. The molecule has 0 unspecified atom stereocenters. The highest BCUT2D eigenvalue weighted by Gasteiger charge is 2.50. The number of anilines is 1. The number of fused-ring (bicyclic) bond motifs is 14. The Bertz CT molecular complexity index is 2070. The molecule has 1 fully saturated rings. The molecule has 15 nitrogen and oxygen atoms in total. The number of Topliss-reactive ketones (excluding diaryl/α,β-unsaturated/α-hetero) is 1. The van der Waals surface area contributed by atoms with Crippen LogP contribution in [-0.4, -0.2) is 92.8 Å². The van der Waals surface area contributed by atoms with Crippen LogP contribution in [-0.2, 0) is 23.8 Å². The largest absolute Gasteiger partial charge is 0.507 e. The first-order valence-corrected chi connectivity index (χ1v) is 20.7. The Hall–Kier alpha value is -5.12. The Labute approximate surface area is 351 Å². The van der Waals surface area contributed by atoms with Crippen molar-refractivity contribution in [2.75, 3.05) is 12.4 Å². The van der Waals surface area contributed by atoms with Gasteiger partial charge in [-0.25, -0.2) is 0 Å². The number of aliphatic hydroxyl groups excluding tert-OH is 2. The van der Waals surface area contributed by atoms with Gasteiger partial charge in [-0.3, -0.25) is 14.4 Å². The summed E-state index contributed by atoms with van der Waals surface area (Å²) in [6.45, 7) is 12.5. The van der Waals surface area contributed by atoms with Crippen molar-refractivity contribution in [3.8, 4) is 23.0 Å². The predicted octanol–water partition coefficient (Wildman–Crippen LogP) is 6.40. The summed E-state index contributed by atoms with van der Waals surface area (Å²) in [5, 5.41) is 65.0. The summed E-state index contributed by atoms with van der Waals surface area (Å²) in [5.41, 5.74) is 2.78. The number of phenols is 3. The van der Waals surface area contributed by atoms with Crippen molar-refractivity contribution in [3.63, 3.8) is 0 Å². The van der Waals surface area contributed by atoms with Crippen LogP contribution in [0.1, 0.15) is 108 Å². The second-order valence-corrected chi connectivity index (χ2v) is 16.7. The van der Waals surface area contributed by atoms with E-state index in [0.29, 0.717) is 0 Å². The number of esters is 1. The van der Waals surface area contributed by atoms with Gasteiger partial charge in [0.05, 0.1) is 53.0 Å². The molecule has 328 valence electrons. The fourth-order valence-corrected chi connectivity index (χ4v) is 8.49. The highest BCUT2D eigenvalue weighted by atomic mass is 16.7. The minimum atomic E-state index is -2.04. The third kappa shape index (κ3) is 9.27. The van der Waals surface area contributed by atoms with Crippen LogP contribution in [0.4, 0.5) is 5.69 Å². The van der Waals surface area contributed by atoms with Gasteiger partial charge in [-0.2, -0.15) is 5.10 Å². The second-order valence-electron chi connectivity index (χ2n) is 16.7. The first-order valence-electron chi connectivity index (χ1n) is 20.7. The average molecular weight is 836 g/mol. The lowest BCUT2D eigenvalue weighted by atomic mass is 9.78. The molecule has 7 N–H and O–H groups in total. The summed E-state index contributed by atoms with van der Waals surface area (Å²) in [5.74, 6) is -8.33. The van der Waals surface area contributed by atoms with E-state index in [4.69, 9.17) is 18.9 Å². The summed E-state index contributed by atoms with van der Waals surface area (Å²) in [4.78, 5) is 40.5. The Morgan fingerprint density at radius 1 is 0.933 bits per heavy atom. The van der Waals surface area contributed by atoms with Crippen LogP contribution >= 0.6 is 0 Å². The van der Waals surface area contributed by atoms with Crippen LogP contribution in [0.2, 0.25) is 0 Å². The van der Waals surface area contributed by atoms with Gasteiger partial charge in [0.25, 0.3) is 11.7 Å². The summed E-state index contributed by atoms with van der Waals surface area (Å²) < 4.78 is 23.6. The monoisotopic (exact) mass is 835 g/mol. The molecular weight excluding hydrogens is 775 g/mol. The van der Waals surface area contributed by atoms with Gasteiger partial charge in [-0.05, 0) is 32.8 Å². The molecule has 60 heavy (non-hydrogen) atoms. The Morgan fingerprint density at radius 2 is 1.60 bits per heavy atom. The number of aromatic hydroxyl groups is 3. The lowest BCUT2D eigenvalue weighted by Gasteiger charge is -2.38. The number of ketones is 1. The van der Waals surface area contributed by atoms with E-state index >= 15 is 0 Å². The molecule has 2 aromatic carbocycles. The van der Waals surface area contributed by atoms with Gasteiger partial charge in [-0.15, -0.1) is 0 Å². The Kier molecular flexibility index (Phi) is 14.6. The van der Waals surface area contributed by atoms with Gasteiger partial charge >= 0.3 is 11.8 Å². The van der Waals surface area contributed by atoms with Crippen molar-refractivity contribution in [2.24, 2.45) is 28.8 Å². The lowest BCUT2D eigenvalue weighted by Crippen LogP contribution is -2.46. The van der Waals surface area contributed by atoms with Crippen LogP contribution in [0, 0.1) is 30.6 Å². The molecule has 2 aromatic rings. The number of nitrogens with one attached hydrogen (secondary N) is 2. The van der Waals surface area contributed by atoms with E-state index in [9.17, 15) is 39.9 Å². The first-order chi connectivity index (χ1) is 28.3. The van der Waals surface area contributed by atoms with Crippen molar-refractivity contribution in [2.45, 2.75) is 130 Å². The summed E-state index contributed by atoms with van der Waals surface area (Å²) in [6, 6.07) is 0.0598. The van der Waals surface area contributed by atoms with E-state index in [0.717, 1.165) is 38.5 Å². The highest BCUT2D eigenvalue weighted by Crippen LogP contribution is 2.55. The Balaban J connectivity index is 1.69. The maximum Gasteiger partial charge on any atom is 0.312 e. The van der Waals surface area contributed by atoms with Crippen LogP contribution < -0.4 is 15.5 Å². The molecule has 0 spiro atoms. The van der Waals surface area contributed by atoms with Crippen molar-refractivity contribution in [3.05, 3.63) is 52.8 Å². The number of hydrogen-bond donors (Lipinski definition) is 7. The molecule has 4 aliphatic rings. The zero-order valence-electron chi connectivity index (χ0n) is 35.9. The number of carbonyl (C=O) groups is 3. The number of methoxy groups -OCH3 is 1. The normalized spacial score (nSPS) is 31.8. The fourth-order valence-electron chi connectivity index (χ4n) is 8.49. The number of phenolic OH excluding ortho intramolecular Hbond substituents is 3. The number of hydrazone groups is 1. The number of nitrogens with zero attached hydrogens (tertiary/aromatic N) is 1. The second kappa shape index (κ2) is 19.1. The topological polar surface area (TPSA) is 226 Å². The molecule has 1 aliphatic carbocycles. The molecule has 0 radical (unpaired) electrons. The smallest absolute Gasteiger partial charge is 0.312 e. The van der Waals surface area contributed by atoms with Gasteiger partial charge in [0, 0.05) is 67.2 Å². The molecule has 3 heterocycles. The predicted molar refractivity (Wildman–Crippen MR) is 226 cm³/mol. The van der Waals surface area contributed by atoms with Crippen molar-refractivity contribution in [1.82, 2.24) is 5.43 Å². The van der Waals surface area contributed by atoms with Gasteiger partial charge in [-0.1, -0.05) is 71.6 Å². The third-order valence-corrected chi connectivity index (χ3v) is 12.3. The number of aliphatic hydroxyl groups is 2. The lowest BCUT2D eigenvalue weighted by molar-refractivity contribution is -0.160. The molecular formula is C45H61N3O12. The minimum Gasteiger partial charge on any atom is -0.507 e. The van der Waals surface area contributed by atoms with Gasteiger partial charge < -0.3 is 55.2 Å². The zero-order chi connectivity index (χ0) is 44.2. The first kappa shape index (κ1) is 46.0. The molecule has 1 saturated carbocycles. The number of amides is 1. The Morgan fingerprint density at radius 3 is 2.23 bits per heavy atom. The van der Waals surface area contributed by atoms with Crippen molar-refractivity contribution >= 4 is 40.3 Å².